The van der Waals surface area contributed by atoms with Gasteiger partial charge in [-0.15, -0.1) is 0 Å². The lowest BCUT2D eigenvalue weighted by Crippen LogP contribution is -2.19. The Hall–Kier alpha value is -1.03. The molecule has 0 aliphatic heterocycles. The summed E-state index contributed by atoms with van der Waals surface area (Å²) in [5, 5.41) is -0.279. The molecule has 0 saturated carbocycles. The molecule has 1 aromatic carbocycles. The molecule has 1 rings (SSSR count). The van der Waals surface area contributed by atoms with Crippen LogP contribution in [-0.4, -0.2) is 20.8 Å². The van der Waals surface area contributed by atoms with Crippen molar-refractivity contribution < 1.29 is 13.2 Å². The number of hydrogen-bond donors (Lipinski definition) is 0. The first-order valence-corrected chi connectivity index (χ1v) is 7.55. The van der Waals surface area contributed by atoms with E-state index in [0.717, 1.165) is 12.0 Å². The molecular weight excluding hydrogens is 236 g/mol. The predicted molar refractivity (Wildman–Crippen MR) is 70.0 cm³/mol. The Labute approximate surface area is 104 Å². The van der Waals surface area contributed by atoms with Gasteiger partial charge >= 0.3 is 0 Å². The minimum atomic E-state index is -3.06. The topological polar surface area (TPSA) is 43.4 Å². The van der Waals surface area contributed by atoms with Crippen LogP contribution in [0.3, 0.4) is 0 Å². The maximum atomic E-state index is 12.0. The van der Waals surface area contributed by atoms with E-state index in [2.05, 4.69) is 0 Å². The normalized spacial score (nSPS) is 13.4. The van der Waals surface area contributed by atoms with Crippen LogP contribution in [0.15, 0.2) is 24.3 Å². The van der Waals surface area contributed by atoms with E-state index < -0.39 is 9.84 Å². The summed E-state index contributed by atoms with van der Waals surface area (Å²) < 4.78 is 29.2. The summed E-state index contributed by atoms with van der Waals surface area (Å²) in [4.78, 5) is 0. The van der Waals surface area contributed by atoms with Gasteiger partial charge in [-0.1, -0.05) is 25.5 Å². The zero-order chi connectivity index (χ0) is 12.9. The van der Waals surface area contributed by atoms with Crippen LogP contribution in [0.2, 0.25) is 0 Å². The zero-order valence-electron chi connectivity index (χ0n) is 10.6. The molecule has 0 aliphatic carbocycles. The quantitative estimate of drug-likeness (QED) is 0.786. The molecule has 0 radical (unpaired) electrons. The fourth-order valence-electron chi connectivity index (χ4n) is 1.72. The van der Waals surface area contributed by atoms with Crippen LogP contribution in [-0.2, 0) is 15.6 Å². The lowest BCUT2D eigenvalue weighted by Gasteiger charge is -2.12. The number of rotatable bonds is 6. The van der Waals surface area contributed by atoms with Crippen LogP contribution < -0.4 is 4.74 Å². The van der Waals surface area contributed by atoms with Gasteiger partial charge in [-0.3, -0.25) is 0 Å². The van der Waals surface area contributed by atoms with Gasteiger partial charge in [0.2, 0.25) is 0 Å². The molecule has 0 spiro atoms. The predicted octanol–water partition coefficient (Wildman–Crippen LogP) is 2.80. The molecule has 96 valence electrons. The van der Waals surface area contributed by atoms with Crippen molar-refractivity contribution >= 4 is 9.84 Å². The molecule has 0 N–H and O–H groups in total. The molecule has 0 heterocycles. The van der Waals surface area contributed by atoms with Gasteiger partial charge in [-0.2, -0.15) is 0 Å². The number of ether oxygens (including phenoxy) is 1. The number of sulfone groups is 1. The Morgan fingerprint density at radius 3 is 2.65 bits per heavy atom. The second-order valence-electron chi connectivity index (χ2n) is 4.26. The Kier molecular flexibility index (Phi) is 5.00. The minimum absolute atomic E-state index is 0.0887. The van der Waals surface area contributed by atoms with Gasteiger partial charge in [0, 0.05) is 0 Å². The van der Waals surface area contributed by atoms with E-state index >= 15 is 0 Å². The van der Waals surface area contributed by atoms with Crippen molar-refractivity contribution in [3.63, 3.8) is 0 Å². The lowest BCUT2D eigenvalue weighted by molar-refractivity contribution is 0.414. The molecule has 4 heteroatoms. The highest BCUT2D eigenvalue weighted by Gasteiger charge is 2.20. The third kappa shape index (κ3) is 4.04. The fraction of sp³-hybridized carbons (Fsp3) is 0.538. The van der Waals surface area contributed by atoms with Gasteiger partial charge in [0.05, 0.1) is 18.1 Å². The van der Waals surface area contributed by atoms with Crippen molar-refractivity contribution in [3.05, 3.63) is 29.8 Å². The van der Waals surface area contributed by atoms with Crippen molar-refractivity contribution in [2.45, 2.75) is 37.7 Å². The molecule has 1 atom stereocenters. The molecule has 0 amide bonds. The monoisotopic (exact) mass is 256 g/mol. The third-order valence-corrected chi connectivity index (χ3v) is 5.01. The van der Waals surface area contributed by atoms with Gasteiger partial charge < -0.3 is 4.74 Å². The highest BCUT2D eigenvalue weighted by molar-refractivity contribution is 7.91. The maximum absolute atomic E-state index is 12.0. The standard InChI is InChI=1S/C13H20O3S/c1-4-6-11(2)17(14,15)10-12-7-5-8-13(9-12)16-3/h5,7-9,11H,4,6,10H2,1-3H3. The van der Waals surface area contributed by atoms with Gasteiger partial charge in [-0.05, 0) is 31.0 Å². The number of benzene rings is 1. The van der Waals surface area contributed by atoms with Crippen molar-refractivity contribution in [2.75, 3.05) is 7.11 Å². The average molecular weight is 256 g/mol. The highest BCUT2D eigenvalue weighted by atomic mass is 32.2. The summed E-state index contributed by atoms with van der Waals surface area (Å²) in [6, 6.07) is 7.22. The minimum Gasteiger partial charge on any atom is -0.497 e. The van der Waals surface area contributed by atoms with Crippen LogP contribution in [0.4, 0.5) is 0 Å². The third-order valence-electron chi connectivity index (χ3n) is 2.81. The second-order valence-corrected chi connectivity index (χ2v) is 6.68. The Balaban J connectivity index is 2.82. The van der Waals surface area contributed by atoms with Crippen LogP contribution in [0.1, 0.15) is 32.3 Å². The van der Waals surface area contributed by atoms with Crippen molar-refractivity contribution in [1.82, 2.24) is 0 Å². The fourth-order valence-corrected chi connectivity index (χ4v) is 3.25. The molecule has 0 aromatic heterocycles. The van der Waals surface area contributed by atoms with Crippen LogP contribution in [0.25, 0.3) is 0 Å². The molecule has 0 aliphatic rings. The molecule has 1 unspecified atom stereocenters. The largest absolute Gasteiger partial charge is 0.497 e. The Bertz CT molecular complexity index is 451. The van der Waals surface area contributed by atoms with E-state index in [1.807, 2.05) is 25.1 Å². The summed E-state index contributed by atoms with van der Waals surface area (Å²) >= 11 is 0. The first-order chi connectivity index (χ1) is 7.99. The smallest absolute Gasteiger partial charge is 0.157 e. The summed E-state index contributed by atoms with van der Waals surface area (Å²) in [6.45, 7) is 3.77. The van der Waals surface area contributed by atoms with E-state index in [1.54, 1.807) is 20.1 Å². The molecule has 0 bridgehead atoms. The van der Waals surface area contributed by atoms with Crippen molar-refractivity contribution in [2.24, 2.45) is 0 Å². The molecular formula is C13H20O3S. The molecule has 17 heavy (non-hydrogen) atoms. The van der Waals surface area contributed by atoms with E-state index in [0.29, 0.717) is 12.2 Å². The molecule has 0 saturated heterocycles. The first-order valence-electron chi connectivity index (χ1n) is 5.84. The number of methoxy groups -OCH3 is 1. The van der Waals surface area contributed by atoms with Crippen molar-refractivity contribution in [3.8, 4) is 5.75 Å². The maximum Gasteiger partial charge on any atom is 0.157 e. The van der Waals surface area contributed by atoms with E-state index in [9.17, 15) is 8.42 Å². The van der Waals surface area contributed by atoms with Gasteiger partial charge in [0.1, 0.15) is 5.75 Å². The molecule has 3 nitrogen and oxygen atoms in total. The summed E-state index contributed by atoms with van der Waals surface area (Å²) in [7, 11) is -1.48. The lowest BCUT2D eigenvalue weighted by atomic mass is 10.2. The Morgan fingerprint density at radius 1 is 1.35 bits per heavy atom. The van der Waals surface area contributed by atoms with Crippen molar-refractivity contribution in [1.29, 1.82) is 0 Å². The summed E-state index contributed by atoms with van der Waals surface area (Å²) in [5.74, 6) is 0.784. The summed E-state index contributed by atoms with van der Waals surface area (Å²) in [6.07, 6.45) is 1.60. The van der Waals surface area contributed by atoms with Crippen LogP contribution in [0.5, 0.6) is 5.75 Å². The highest BCUT2D eigenvalue weighted by Crippen LogP contribution is 2.18. The van der Waals surface area contributed by atoms with Crippen LogP contribution in [0, 0.1) is 0 Å². The summed E-state index contributed by atoms with van der Waals surface area (Å²) in [5.41, 5.74) is 0.785. The average Bonchev–Trinajstić information content (AvgIpc) is 2.29. The molecule has 0 fully saturated rings. The van der Waals surface area contributed by atoms with Gasteiger partial charge in [0.25, 0.3) is 0 Å². The Morgan fingerprint density at radius 2 is 2.06 bits per heavy atom. The van der Waals surface area contributed by atoms with Gasteiger partial charge in [-0.25, -0.2) is 8.42 Å². The second kappa shape index (κ2) is 6.05. The zero-order valence-corrected chi connectivity index (χ0v) is 11.5. The van der Waals surface area contributed by atoms with E-state index in [1.165, 1.54) is 0 Å². The van der Waals surface area contributed by atoms with Crippen LogP contribution >= 0.6 is 0 Å². The van der Waals surface area contributed by atoms with Gasteiger partial charge in [0.15, 0.2) is 9.84 Å². The van der Waals surface area contributed by atoms with E-state index in [4.69, 9.17) is 4.74 Å². The SMILES string of the molecule is CCCC(C)S(=O)(=O)Cc1cccc(OC)c1. The first kappa shape index (κ1) is 14.0. The molecule has 1 aromatic rings. The number of hydrogen-bond acceptors (Lipinski definition) is 3. The van der Waals surface area contributed by atoms with E-state index in [-0.39, 0.29) is 11.0 Å².